The van der Waals surface area contributed by atoms with Crippen molar-refractivity contribution in [2.45, 2.75) is 91.3 Å². The lowest BCUT2D eigenvalue weighted by Gasteiger charge is -2.59. The first kappa shape index (κ1) is 29.4. The van der Waals surface area contributed by atoms with Gasteiger partial charge in [0, 0.05) is 42.0 Å². The van der Waals surface area contributed by atoms with Crippen molar-refractivity contribution in [3.63, 3.8) is 0 Å². The van der Waals surface area contributed by atoms with E-state index in [1.807, 2.05) is 13.0 Å². The van der Waals surface area contributed by atoms with Crippen molar-refractivity contribution in [3.05, 3.63) is 42.0 Å². The molecule has 9 heteroatoms. The van der Waals surface area contributed by atoms with Crippen LogP contribution in [0.5, 0.6) is 0 Å². The number of fused-ring (bicyclic) bond motifs is 5. The fraction of sp³-hybridized carbons (Fsp3) is 0.656. The molecule has 10 atom stereocenters. The Hall–Kier alpha value is -3.07. The molecule has 4 aliphatic rings. The monoisotopic (exact) mass is 564 g/mol. The molecule has 0 aromatic carbocycles. The van der Waals surface area contributed by atoms with E-state index in [0.29, 0.717) is 24.5 Å². The third kappa shape index (κ3) is 5.11. The quantitative estimate of drug-likeness (QED) is 0.410. The van der Waals surface area contributed by atoms with Crippen molar-refractivity contribution in [3.8, 4) is 0 Å². The van der Waals surface area contributed by atoms with Gasteiger partial charge in [0.25, 0.3) is 0 Å². The number of aromatic nitrogens is 2. The number of hydrogen-bond acceptors (Lipinski definition) is 7. The Kier molecular flexibility index (Phi) is 7.87. The number of allylic oxidation sites excluding steroid dienone is 4. The number of aromatic amines is 1. The number of nitrogens with one attached hydrogen (secondary N) is 2. The average Bonchev–Trinajstić information content (AvgIpc) is 3.52. The summed E-state index contributed by atoms with van der Waals surface area (Å²) in [6, 6.07) is -1.75. The zero-order chi connectivity index (χ0) is 29.7. The van der Waals surface area contributed by atoms with Crippen LogP contribution in [0.3, 0.4) is 0 Å². The van der Waals surface area contributed by atoms with Crippen LogP contribution in [-0.4, -0.2) is 51.6 Å². The highest BCUT2D eigenvalue weighted by molar-refractivity contribution is 6.01. The Morgan fingerprint density at radius 1 is 1.29 bits per heavy atom. The maximum Gasteiger partial charge on any atom is 0.329 e. The number of imidazole rings is 1. The molecule has 3 saturated carbocycles. The molecule has 222 valence electrons. The minimum Gasteiger partial charge on any atom is -0.460 e. The summed E-state index contributed by atoms with van der Waals surface area (Å²) >= 11 is 0. The molecule has 9 unspecified atom stereocenters. The molecule has 1 amide bonds. The molecule has 0 aliphatic heterocycles. The summed E-state index contributed by atoms with van der Waals surface area (Å²) in [6.07, 6.45) is 12.0. The van der Waals surface area contributed by atoms with E-state index < -0.39 is 35.5 Å². The average molecular weight is 565 g/mol. The van der Waals surface area contributed by atoms with Gasteiger partial charge in [-0.1, -0.05) is 39.3 Å². The van der Waals surface area contributed by atoms with Crippen molar-refractivity contribution >= 4 is 23.4 Å². The van der Waals surface area contributed by atoms with E-state index in [1.54, 1.807) is 25.3 Å². The number of rotatable bonds is 8. The third-order valence-electron chi connectivity index (χ3n) is 10.8. The number of esters is 1. The number of Topliss-reactive ketones (excluding diaryl/α,β-unsaturated/α-hetero) is 1. The summed E-state index contributed by atoms with van der Waals surface area (Å²) in [5.74, 6) is -0.0424. The molecule has 1 aromatic rings. The lowest BCUT2D eigenvalue weighted by Crippen LogP contribution is -2.58. The van der Waals surface area contributed by atoms with Crippen LogP contribution in [0.25, 0.3) is 0 Å². The number of ketones is 2. The lowest BCUT2D eigenvalue weighted by atomic mass is 9.46. The molecule has 0 bridgehead atoms. The van der Waals surface area contributed by atoms with Gasteiger partial charge in [-0.05, 0) is 67.9 Å². The van der Waals surface area contributed by atoms with Gasteiger partial charge in [-0.2, -0.15) is 0 Å². The normalized spacial score (nSPS) is 37.2. The zero-order valence-corrected chi connectivity index (χ0v) is 24.8. The Morgan fingerprint density at radius 3 is 2.71 bits per heavy atom. The second-order valence-corrected chi connectivity index (χ2v) is 13.3. The van der Waals surface area contributed by atoms with Gasteiger partial charge < -0.3 is 20.8 Å². The topological polar surface area (TPSA) is 144 Å². The van der Waals surface area contributed by atoms with E-state index in [1.165, 1.54) is 6.33 Å². The molecule has 9 nitrogen and oxygen atoms in total. The predicted molar refractivity (Wildman–Crippen MR) is 153 cm³/mol. The van der Waals surface area contributed by atoms with E-state index in [2.05, 4.69) is 36.1 Å². The summed E-state index contributed by atoms with van der Waals surface area (Å²) in [5, 5.41) is 2.78. The molecule has 5 rings (SSSR count). The van der Waals surface area contributed by atoms with Gasteiger partial charge in [0.05, 0.1) is 12.4 Å². The number of carbonyl (C=O) groups is 4. The van der Waals surface area contributed by atoms with E-state index in [-0.39, 0.29) is 47.1 Å². The van der Waals surface area contributed by atoms with Crippen molar-refractivity contribution < 1.29 is 23.9 Å². The largest absolute Gasteiger partial charge is 0.460 e. The summed E-state index contributed by atoms with van der Waals surface area (Å²) in [6.45, 7) is 10.1. The minimum atomic E-state index is -0.955. The molecule has 41 heavy (non-hydrogen) atoms. The smallest absolute Gasteiger partial charge is 0.329 e. The molecular formula is C32H44N4O5. The SMILES string of the molecule is CCC(=O)C1[C@H](C)CC2C3CCC4=CC(=O)C=CC4(C)C3C(OC(=O)C(Cc3cnc[nH]3)NC(=O)C(C)N)CC21C. The van der Waals surface area contributed by atoms with Gasteiger partial charge in [0.1, 0.15) is 17.9 Å². The highest BCUT2D eigenvalue weighted by atomic mass is 16.5. The molecule has 4 aliphatic carbocycles. The highest BCUT2D eigenvalue weighted by Crippen LogP contribution is 2.67. The van der Waals surface area contributed by atoms with Crippen molar-refractivity contribution in [1.29, 1.82) is 0 Å². The summed E-state index contributed by atoms with van der Waals surface area (Å²) in [7, 11) is 0. The molecule has 0 saturated heterocycles. The molecule has 4 N–H and O–H groups in total. The van der Waals surface area contributed by atoms with Gasteiger partial charge in [0.2, 0.25) is 5.91 Å². The third-order valence-corrected chi connectivity index (χ3v) is 10.8. The van der Waals surface area contributed by atoms with Gasteiger partial charge in [0.15, 0.2) is 5.78 Å². The number of nitrogens with zero attached hydrogens (tertiary/aromatic N) is 1. The van der Waals surface area contributed by atoms with Crippen LogP contribution in [0.1, 0.15) is 72.4 Å². The van der Waals surface area contributed by atoms with Crippen LogP contribution in [0.15, 0.2) is 36.3 Å². The van der Waals surface area contributed by atoms with Crippen molar-refractivity contribution in [1.82, 2.24) is 15.3 Å². The second kappa shape index (κ2) is 11.0. The van der Waals surface area contributed by atoms with Crippen LogP contribution in [-0.2, 0) is 30.3 Å². The standard InChI is InChI=1S/C32H44N4O5/c1-6-25(38)27-17(2)11-23-22-8-7-19-12-21(37)9-10-31(19,4)28(22)26(14-32(23,27)5)41-30(40)24(36-29(39)18(3)33)13-20-15-34-16-35-20/h9-10,12,15-18,22-24,26-28H,6-8,11,13-14,33H2,1-5H3,(H,34,35)(H,36,39)/t17-,18?,22?,23?,24?,26?,27?,28?,31?,32?/m1/s1. The first-order valence-electron chi connectivity index (χ1n) is 15.1. The van der Waals surface area contributed by atoms with Gasteiger partial charge in [-0.3, -0.25) is 14.4 Å². The molecule has 0 radical (unpaired) electrons. The summed E-state index contributed by atoms with van der Waals surface area (Å²) in [5.41, 5.74) is 6.85. The molecule has 0 spiro atoms. The molecule has 1 heterocycles. The maximum atomic E-state index is 14.0. The first-order valence-corrected chi connectivity index (χ1v) is 15.1. The van der Waals surface area contributed by atoms with Gasteiger partial charge >= 0.3 is 5.97 Å². The highest BCUT2D eigenvalue weighted by Gasteiger charge is 2.65. The van der Waals surface area contributed by atoms with Crippen LogP contribution in [0, 0.1) is 40.4 Å². The van der Waals surface area contributed by atoms with Crippen LogP contribution in [0.2, 0.25) is 0 Å². The van der Waals surface area contributed by atoms with Crippen LogP contribution >= 0.6 is 0 Å². The van der Waals surface area contributed by atoms with E-state index in [9.17, 15) is 19.2 Å². The van der Waals surface area contributed by atoms with E-state index in [0.717, 1.165) is 24.8 Å². The second-order valence-electron chi connectivity index (χ2n) is 13.3. The minimum absolute atomic E-state index is 0.00792. The lowest BCUT2D eigenvalue weighted by molar-refractivity contribution is -0.177. The Morgan fingerprint density at radius 2 is 2.05 bits per heavy atom. The molecule has 3 fully saturated rings. The predicted octanol–water partition coefficient (Wildman–Crippen LogP) is 3.46. The number of carbonyl (C=O) groups excluding carboxylic acids is 4. The van der Waals surface area contributed by atoms with Gasteiger partial charge in [-0.25, -0.2) is 9.78 Å². The Bertz CT molecular complexity index is 1270. The fourth-order valence-electron chi connectivity index (χ4n) is 9.02. The van der Waals surface area contributed by atoms with Gasteiger partial charge in [-0.15, -0.1) is 0 Å². The zero-order valence-electron chi connectivity index (χ0n) is 24.8. The number of H-pyrrole nitrogens is 1. The van der Waals surface area contributed by atoms with Crippen molar-refractivity contribution in [2.75, 3.05) is 0 Å². The van der Waals surface area contributed by atoms with E-state index in [4.69, 9.17) is 10.5 Å². The van der Waals surface area contributed by atoms with Crippen LogP contribution in [0.4, 0.5) is 0 Å². The number of nitrogens with two attached hydrogens (primary N) is 1. The summed E-state index contributed by atoms with van der Waals surface area (Å²) < 4.78 is 6.48. The van der Waals surface area contributed by atoms with E-state index >= 15 is 0 Å². The Balaban J connectivity index is 1.52. The maximum absolute atomic E-state index is 14.0. The molecule has 1 aromatic heterocycles. The Labute approximate surface area is 242 Å². The van der Waals surface area contributed by atoms with Crippen molar-refractivity contribution in [2.24, 2.45) is 46.2 Å². The first-order chi connectivity index (χ1) is 19.4. The fourth-order valence-corrected chi connectivity index (χ4v) is 9.02. The number of ether oxygens (including phenoxy) is 1. The van der Waals surface area contributed by atoms with Crippen LogP contribution < -0.4 is 11.1 Å². The summed E-state index contributed by atoms with van der Waals surface area (Å²) in [4.78, 5) is 59.3. The molecular weight excluding hydrogens is 520 g/mol. The number of hydrogen-bond donors (Lipinski definition) is 3. The number of amides is 1.